The van der Waals surface area contributed by atoms with Crippen molar-refractivity contribution in [2.45, 2.75) is 19.9 Å². The van der Waals surface area contributed by atoms with Crippen molar-refractivity contribution in [1.82, 2.24) is 15.6 Å². The van der Waals surface area contributed by atoms with Crippen LogP contribution in [0.2, 0.25) is 0 Å². The fourth-order valence-corrected chi connectivity index (χ4v) is 1.85. The highest BCUT2D eigenvalue weighted by Gasteiger charge is 2.05. The van der Waals surface area contributed by atoms with Crippen LogP contribution in [0.15, 0.2) is 23.3 Å². The summed E-state index contributed by atoms with van der Waals surface area (Å²) in [5.41, 5.74) is 1.00. The largest absolute Gasteiger partial charge is 0.478 e. The lowest BCUT2D eigenvalue weighted by atomic mass is 10.2. The molecule has 0 saturated heterocycles. The average Bonchev–Trinajstić information content (AvgIpc) is 2.58. The predicted molar refractivity (Wildman–Crippen MR) is 90.9 cm³/mol. The molecule has 0 amide bonds. The Balaban J connectivity index is 2.26. The quantitative estimate of drug-likeness (QED) is 0.362. The van der Waals surface area contributed by atoms with E-state index in [1.807, 2.05) is 19.1 Å². The maximum absolute atomic E-state index is 5.51. The van der Waals surface area contributed by atoms with Gasteiger partial charge >= 0.3 is 0 Å². The molecule has 130 valence electrons. The predicted octanol–water partition coefficient (Wildman–Crippen LogP) is 1.20. The molecule has 0 saturated carbocycles. The van der Waals surface area contributed by atoms with Gasteiger partial charge in [0.25, 0.3) is 0 Å². The fraction of sp³-hybridized carbons (Fsp3) is 0.625. The highest BCUT2D eigenvalue weighted by molar-refractivity contribution is 5.79. The summed E-state index contributed by atoms with van der Waals surface area (Å²) in [6.45, 7) is 5.89. The number of hydrogen-bond acceptors (Lipinski definition) is 5. The molecule has 0 radical (unpaired) electrons. The number of hydrogen-bond donors (Lipinski definition) is 2. The van der Waals surface area contributed by atoms with Gasteiger partial charge in [-0.15, -0.1) is 0 Å². The summed E-state index contributed by atoms with van der Waals surface area (Å²) in [4.78, 5) is 8.43. The van der Waals surface area contributed by atoms with E-state index in [-0.39, 0.29) is 0 Å². The second kappa shape index (κ2) is 12.7. The molecule has 23 heavy (non-hydrogen) atoms. The van der Waals surface area contributed by atoms with Crippen LogP contribution in [-0.2, 0) is 16.0 Å². The first-order valence-electron chi connectivity index (χ1n) is 7.89. The Labute approximate surface area is 138 Å². The van der Waals surface area contributed by atoms with Crippen molar-refractivity contribution in [3.8, 4) is 5.88 Å². The van der Waals surface area contributed by atoms with Crippen molar-refractivity contribution in [3.05, 3.63) is 23.9 Å². The van der Waals surface area contributed by atoms with Crippen molar-refractivity contribution in [2.24, 2.45) is 4.99 Å². The number of rotatable bonds is 11. The van der Waals surface area contributed by atoms with Crippen LogP contribution in [0.4, 0.5) is 0 Å². The van der Waals surface area contributed by atoms with E-state index in [1.165, 1.54) is 0 Å². The lowest BCUT2D eigenvalue weighted by Crippen LogP contribution is -2.37. The zero-order valence-corrected chi connectivity index (χ0v) is 14.3. The van der Waals surface area contributed by atoms with Gasteiger partial charge in [-0.2, -0.15) is 0 Å². The number of ether oxygens (including phenoxy) is 3. The van der Waals surface area contributed by atoms with Crippen molar-refractivity contribution < 1.29 is 14.2 Å². The number of nitrogens with zero attached hydrogens (tertiary/aromatic N) is 2. The van der Waals surface area contributed by atoms with Crippen LogP contribution >= 0.6 is 0 Å². The first-order valence-corrected chi connectivity index (χ1v) is 7.89. The minimum atomic E-state index is 0.597. The molecule has 0 bridgehead atoms. The second-order valence-corrected chi connectivity index (χ2v) is 4.71. The number of methoxy groups -OCH3 is 1. The molecule has 0 unspecified atom stereocenters. The smallest absolute Gasteiger partial charge is 0.218 e. The van der Waals surface area contributed by atoms with Crippen LogP contribution in [0.3, 0.4) is 0 Å². The highest BCUT2D eigenvalue weighted by atomic mass is 16.5. The van der Waals surface area contributed by atoms with Crippen LogP contribution < -0.4 is 15.4 Å². The normalized spacial score (nSPS) is 11.3. The number of aliphatic imine (C=N–C) groups is 1. The highest BCUT2D eigenvalue weighted by Crippen LogP contribution is 2.13. The molecule has 0 fully saturated rings. The topological polar surface area (TPSA) is 77.0 Å². The fourth-order valence-electron chi connectivity index (χ4n) is 1.85. The van der Waals surface area contributed by atoms with Gasteiger partial charge in [0.15, 0.2) is 5.96 Å². The molecule has 0 aliphatic heterocycles. The molecule has 2 N–H and O–H groups in total. The second-order valence-electron chi connectivity index (χ2n) is 4.71. The van der Waals surface area contributed by atoms with Crippen molar-refractivity contribution in [1.29, 1.82) is 0 Å². The van der Waals surface area contributed by atoms with Crippen molar-refractivity contribution in [3.63, 3.8) is 0 Å². The van der Waals surface area contributed by atoms with E-state index in [4.69, 9.17) is 14.2 Å². The van der Waals surface area contributed by atoms with Gasteiger partial charge in [-0.25, -0.2) is 4.98 Å². The molecule has 0 aliphatic carbocycles. The van der Waals surface area contributed by atoms with Gasteiger partial charge in [-0.3, -0.25) is 4.99 Å². The molecule has 0 aromatic carbocycles. The van der Waals surface area contributed by atoms with Gasteiger partial charge in [-0.05, 0) is 19.4 Å². The first-order chi connectivity index (χ1) is 11.3. The third-order valence-electron chi connectivity index (χ3n) is 2.99. The third kappa shape index (κ3) is 8.37. The zero-order valence-electron chi connectivity index (χ0n) is 14.3. The SMILES string of the molecule is CCOc1ncccc1CNC(=NC)NCCCOCCOC. The van der Waals surface area contributed by atoms with E-state index in [0.29, 0.717) is 38.9 Å². The lowest BCUT2D eigenvalue weighted by molar-refractivity contribution is 0.0698. The minimum Gasteiger partial charge on any atom is -0.478 e. The number of pyridine rings is 1. The van der Waals surface area contributed by atoms with Crippen LogP contribution in [0.5, 0.6) is 5.88 Å². The monoisotopic (exact) mass is 324 g/mol. The minimum absolute atomic E-state index is 0.597. The maximum Gasteiger partial charge on any atom is 0.218 e. The Bertz CT molecular complexity index is 455. The van der Waals surface area contributed by atoms with E-state index < -0.39 is 0 Å². The lowest BCUT2D eigenvalue weighted by Gasteiger charge is -2.13. The van der Waals surface area contributed by atoms with E-state index in [0.717, 1.165) is 24.5 Å². The Kier molecular flexibility index (Phi) is 10.6. The van der Waals surface area contributed by atoms with Crippen molar-refractivity contribution in [2.75, 3.05) is 47.1 Å². The molecule has 0 spiro atoms. The zero-order chi connectivity index (χ0) is 16.8. The molecule has 1 aromatic rings. The number of nitrogens with one attached hydrogen (secondary N) is 2. The van der Waals surface area contributed by atoms with Gasteiger partial charge in [-0.1, -0.05) is 6.07 Å². The number of guanidine groups is 1. The van der Waals surface area contributed by atoms with Gasteiger partial charge in [0.2, 0.25) is 5.88 Å². The molecule has 1 aromatic heterocycles. The summed E-state index contributed by atoms with van der Waals surface area (Å²) in [6, 6.07) is 3.88. The van der Waals surface area contributed by atoms with Crippen molar-refractivity contribution >= 4 is 5.96 Å². The summed E-state index contributed by atoms with van der Waals surface area (Å²) in [6.07, 6.45) is 2.63. The Morgan fingerprint density at radius 3 is 2.87 bits per heavy atom. The van der Waals surface area contributed by atoms with Gasteiger partial charge in [0.1, 0.15) is 0 Å². The molecule has 0 aliphatic rings. The molecule has 1 rings (SSSR count). The molecule has 7 nitrogen and oxygen atoms in total. The summed E-state index contributed by atoms with van der Waals surface area (Å²) >= 11 is 0. The molecule has 0 atom stereocenters. The van der Waals surface area contributed by atoms with Crippen LogP contribution in [0.1, 0.15) is 18.9 Å². The van der Waals surface area contributed by atoms with E-state index in [9.17, 15) is 0 Å². The average molecular weight is 324 g/mol. The molecular formula is C16H28N4O3. The Hall–Kier alpha value is -1.86. The maximum atomic E-state index is 5.51. The van der Waals surface area contributed by atoms with E-state index >= 15 is 0 Å². The first kappa shape index (κ1) is 19.2. The summed E-state index contributed by atoms with van der Waals surface area (Å²) in [5, 5.41) is 6.50. The van der Waals surface area contributed by atoms with E-state index in [1.54, 1.807) is 20.4 Å². The Morgan fingerprint density at radius 1 is 1.26 bits per heavy atom. The van der Waals surface area contributed by atoms with E-state index in [2.05, 4.69) is 20.6 Å². The van der Waals surface area contributed by atoms with Crippen LogP contribution in [-0.4, -0.2) is 58.1 Å². The van der Waals surface area contributed by atoms with Gasteiger partial charge < -0.3 is 24.8 Å². The molecular weight excluding hydrogens is 296 g/mol. The standard InChI is InChI=1S/C16H28N4O3/c1-4-23-15-14(7-5-8-18-15)13-20-16(17-2)19-9-6-10-22-12-11-21-3/h5,7-8H,4,6,9-13H2,1-3H3,(H2,17,19,20). The third-order valence-corrected chi connectivity index (χ3v) is 2.99. The van der Waals surface area contributed by atoms with Gasteiger partial charge in [0, 0.05) is 45.6 Å². The van der Waals surface area contributed by atoms with Gasteiger partial charge in [0.05, 0.1) is 19.8 Å². The summed E-state index contributed by atoms with van der Waals surface area (Å²) < 4.78 is 15.8. The summed E-state index contributed by atoms with van der Waals surface area (Å²) in [5.74, 6) is 1.40. The van der Waals surface area contributed by atoms with Crippen LogP contribution in [0, 0.1) is 0 Å². The number of aromatic nitrogens is 1. The van der Waals surface area contributed by atoms with Crippen LogP contribution in [0.25, 0.3) is 0 Å². The summed E-state index contributed by atoms with van der Waals surface area (Å²) in [7, 11) is 3.41. The molecule has 7 heteroatoms. The Morgan fingerprint density at radius 2 is 2.13 bits per heavy atom. The molecule has 1 heterocycles.